The van der Waals surface area contributed by atoms with Crippen molar-refractivity contribution in [2.24, 2.45) is 0 Å². The second kappa shape index (κ2) is 8.19. The molecule has 0 aliphatic carbocycles. The number of benzene rings is 2. The summed E-state index contributed by atoms with van der Waals surface area (Å²) in [5.41, 5.74) is 1.34. The Hall–Kier alpha value is -3.02. The molecule has 0 saturated carbocycles. The van der Waals surface area contributed by atoms with E-state index in [1.54, 1.807) is 25.1 Å². The maximum Gasteiger partial charge on any atom is 0.326 e. The van der Waals surface area contributed by atoms with Crippen LogP contribution >= 0.6 is 0 Å². The van der Waals surface area contributed by atoms with Crippen molar-refractivity contribution >= 4 is 11.9 Å². The number of aliphatic carboxylic acids is 1. The third kappa shape index (κ3) is 5.24. The third-order valence-corrected chi connectivity index (χ3v) is 3.95. The Morgan fingerprint density at radius 3 is 2.36 bits per heavy atom. The second-order valence-corrected chi connectivity index (χ2v) is 6.00. The minimum atomic E-state index is -1.10. The summed E-state index contributed by atoms with van der Waals surface area (Å²) in [6.07, 6.45) is 0.220. The number of hydrogen-bond acceptors (Lipinski definition) is 4. The lowest BCUT2D eigenvalue weighted by atomic mass is 9.96. The quantitative estimate of drug-likeness (QED) is 0.617. The van der Waals surface area contributed by atoms with Gasteiger partial charge in [0.2, 0.25) is 5.91 Å². The standard InChI is InChI=1S/C19H21NO5/c1-12(15-8-7-14(21)11-17(15)22)9-18(23)20-16(19(24)25)10-13-5-3-2-4-6-13/h2-8,11-12,16,21-22H,9-10H2,1H3,(H,20,23)(H,24,25). The Bertz CT molecular complexity index is 745. The van der Waals surface area contributed by atoms with Crippen molar-refractivity contribution in [2.75, 3.05) is 0 Å². The van der Waals surface area contributed by atoms with E-state index in [2.05, 4.69) is 5.32 Å². The molecule has 0 bridgehead atoms. The molecular formula is C19H21NO5. The predicted octanol–water partition coefficient (Wildman–Crippen LogP) is 2.40. The first-order valence-corrected chi connectivity index (χ1v) is 7.94. The van der Waals surface area contributed by atoms with Crippen LogP contribution in [0, 0.1) is 0 Å². The number of hydrogen-bond donors (Lipinski definition) is 4. The van der Waals surface area contributed by atoms with E-state index in [0.717, 1.165) is 5.56 Å². The average molecular weight is 343 g/mol. The van der Waals surface area contributed by atoms with Crippen molar-refractivity contribution in [3.8, 4) is 11.5 Å². The van der Waals surface area contributed by atoms with Crippen molar-refractivity contribution in [2.45, 2.75) is 31.7 Å². The molecule has 6 nitrogen and oxygen atoms in total. The van der Waals surface area contributed by atoms with E-state index in [1.807, 2.05) is 18.2 Å². The van der Waals surface area contributed by atoms with Gasteiger partial charge in [0, 0.05) is 18.9 Å². The molecule has 2 rings (SSSR count). The maximum atomic E-state index is 12.2. The van der Waals surface area contributed by atoms with Crippen LogP contribution in [0.15, 0.2) is 48.5 Å². The zero-order valence-electron chi connectivity index (χ0n) is 13.8. The Morgan fingerprint density at radius 2 is 1.76 bits per heavy atom. The maximum absolute atomic E-state index is 12.2. The zero-order valence-corrected chi connectivity index (χ0v) is 13.8. The smallest absolute Gasteiger partial charge is 0.326 e. The highest BCUT2D eigenvalue weighted by Gasteiger charge is 2.22. The van der Waals surface area contributed by atoms with Crippen LogP contribution in [-0.4, -0.2) is 33.2 Å². The molecule has 2 atom stereocenters. The van der Waals surface area contributed by atoms with Crippen molar-refractivity contribution in [1.29, 1.82) is 0 Å². The summed E-state index contributed by atoms with van der Waals surface area (Å²) in [5, 5.41) is 31.0. The van der Waals surface area contributed by atoms with E-state index < -0.39 is 17.9 Å². The molecule has 0 aliphatic heterocycles. The lowest BCUT2D eigenvalue weighted by Gasteiger charge is -2.17. The van der Waals surface area contributed by atoms with Gasteiger partial charge in [-0.05, 0) is 23.1 Å². The van der Waals surface area contributed by atoms with Gasteiger partial charge in [-0.1, -0.05) is 43.3 Å². The topological polar surface area (TPSA) is 107 Å². The van der Waals surface area contributed by atoms with Crippen molar-refractivity contribution in [1.82, 2.24) is 5.32 Å². The lowest BCUT2D eigenvalue weighted by Crippen LogP contribution is -2.42. The van der Waals surface area contributed by atoms with Gasteiger partial charge < -0.3 is 20.6 Å². The number of carboxylic acids is 1. The van der Waals surface area contributed by atoms with Crippen molar-refractivity contribution in [3.05, 3.63) is 59.7 Å². The fourth-order valence-corrected chi connectivity index (χ4v) is 2.64. The molecule has 0 aromatic heterocycles. The minimum absolute atomic E-state index is 0.0247. The van der Waals surface area contributed by atoms with Gasteiger partial charge in [-0.15, -0.1) is 0 Å². The molecule has 132 valence electrons. The second-order valence-electron chi connectivity index (χ2n) is 6.00. The molecular weight excluding hydrogens is 322 g/mol. The first-order valence-electron chi connectivity index (χ1n) is 7.94. The molecule has 2 aromatic rings. The van der Waals surface area contributed by atoms with E-state index in [0.29, 0.717) is 5.56 Å². The Balaban J connectivity index is 2.00. The summed E-state index contributed by atoms with van der Waals surface area (Å²) in [6.45, 7) is 1.75. The molecule has 6 heteroatoms. The summed E-state index contributed by atoms with van der Waals surface area (Å²) >= 11 is 0. The molecule has 0 radical (unpaired) electrons. The van der Waals surface area contributed by atoms with E-state index in [1.165, 1.54) is 12.1 Å². The van der Waals surface area contributed by atoms with E-state index in [9.17, 15) is 24.9 Å². The normalized spacial score (nSPS) is 13.0. The van der Waals surface area contributed by atoms with Crippen LogP contribution in [0.2, 0.25) is 0 Å². The summed E-state index contributed by atoms with van der Waals surface area (Å²) in [5.74, 6) is -2.00. The van der Waals surface area contributed by atoms with Crippen molar-refractivity contribution in [3.63, 3.8) is 0 Å². The van der Waals surface area contributed by atoms with E-state index in [-0.39, 0.29) is 30.3 Å². The number of phenols is 2. The molecule has 2 unspecified atom stereocenters. The molecule has 0 fully saturated rings. The summed E-state index contributed by atoms with van der Waals surface area (Å²) in [4.78, 5) is 23.6. The molecule has 0 saturated heterocycles. The Kier molecular flexibility index (Phi) is 6.00. The summed E-state index contributed by atoms with van der Waals surface area (Å²) < 4.78 is 0. The minimum Gasteiger partial charge on any atom is -0.508 e. The number of amides is 1. The van der Waals surface area contributed by atoms with Gasteiger partial charge in [0.05, 0.1) is 0 Å². The van der Waals surface area contributed by atoms with Gasteiger partial charge in [-0.3, -0.25) is 4.79 Å². The third-order valence-electron chi connectivity index (χ3n) is 3.95. The molecule has 0 heterocycles. The number of nitrogens with one attached hydrogen (secondary N) is 1. The highest BCUT2D eigenvalue weighted by molar-refractivity contribution is 5.84. The van der Waals surface area contributed by atoms with Gasteiger partial charge in [0.25, 0.3) is 0 Å². The molecule has 25 heavy (non-hydrogen) atoms. The molecule has 2 aromatic carbocycles. The van der Waals surface area contributed by atoms with Gasteiger partial charge >= 0.3 is 5.97 Å². The Labute approximate surface area is 145 Å². The van der Waals surface area contributed by atoms with Gasteiger partial charge in [-0.2, -0.15) is 0 Å². The van der Waals surface area contributed by atoms with Crippen LogP contribution in [0.1, 0.15) is 30.4 Å². The largest absolute Gasteiger partial charge is 0.508 e. The van der Waals surface area contributed by atoms with Crippen LogP contribution < -0.4 is 5.32 Å². The summed E-state index contributed by atoms with van der Waals surface area (Å²) in [6, 6.07) is 12.2. The Morgan fingerprint density at radius 1 is 1.08 bits per heavy atom. The molecule has 1 amide bonds. The monoisotopic (exact) mass is 343 g/mol. The number of aromatic hydroxyl groups is 2. The van der Waals surface area contributed by atoms with Gasteiger partial charge in [-0.25, -0.2) is 4.79 Å². The van der Waals surface area contributed by atoms with Crippen LogP contribution in [0.25, 0.3) is 0 Å². The number of carbonyl (C=O) groups is 2. The van der Waals surface area contributed by atoms with Crippen LogP contribution in [0.3, 0.4) is 0 Å². The predicted molar refractivity (Wildman–Crippen MR) is 92.5 cm³/mol. The van der Waals surface area contributed by atoms with Gasteiger partial charge in [0.1, 0.15) is 17.5 Å². The SMILES string of the molecule is CC(CC(=O)NC(Cc1ccccc1)C(=O)O)c1ccc(O)cc1O. The molecule has 0 aliphatic rings. The van der Waals surface area contributed by atoms with Crippen LogP contribution in [0.4, 0.5) is 0 Å². The highest BCUT2D eigenvalue weighted by atomic mass is 16.4. The lowest BCUT2D eigenvalue weighted by molar-refractivity contribution is -0.141. The summed E-state index contributed by atoms with van der Waals surface area (Å²) in [7, 11) is 0. The number of carboxylic acid groups (broad SMARTS) is 1. The fraction of sp³-hybridized carbons (Fsp3) is 0.263. The van der Waals surface area contributed by atoms with Crippen LogP contribution in [0.5, 0.6) is 11.5 Å². The average Bonchev–Trinajstić information content (AvgIpc) is 2.54. The number of carbonyl (C=O) groups excluding carboxylic acids is 1. The van der Waals surface area contributed by atoms with Crippen LogP contribution in [-0.2, 0) is 16.0 Å². The first-order chi connectivity index (χ1) is 11.9. The fourth-order valence-electron chi connectivity index (χ4n) is 2.64. The first kappa shape index (κ1) is 18.3. The van der Waals surface area contributed by atoms with Crippen molar-refractivity contribution < 1.29 is 24.9 Å². The van der Waals surface area contributed by atoms with E-state index >= 15 is 0 Å². The van der Waals surface area contributed by atoms with E-state index in [4.69, 9.17) is 0 Å². The number of phenolic OH excluding ortho intramolecular Hbond substituents is 2. The zero-order chi connectivity index (χ0) is 18.4. The van der Waals surface area contributed by atoms with Gasteiger partial charge in [0.15, 0.2) is 0 Å². The molecule has 4 N–H and O–H groups in total. The highest BCUT2D eigenvalue weighted by Crippen LogP contribution is 2.30. The molecule has 0 spiro atoms. The number of rotatable bonds is 7.